The van der Waals surface area contributed by atoms with Gasteiger partial charge in [0, 0.05) is 0 Å². The highest BCUT2D eigenvalue weighted by Gasteiger charge is 2.29. The van der Waals surface area contributed by atoms with Crippen LogP contribution in [0, 0.1) is 11.3 Å². The number of nitrogens with one attached hydrogen (secondary N) is 1. The van der Waals surface area contributed by atoms with Crippen molar-refractivity contribution in [2.24, 2.45) is 11.3 Å². The van der Waals surface area contributed by atoms with Crippen molar-refractivity contribution in [3.8, 4) is 0 Å². The molecule has 1 fully saturated rings. The molecule has 1 saturated heterocycles. The van der Waals surface area contributed by atoms with Crippen LogP contribution in [0.4, 0.5) is 4.39 Å². The Kier molecular flexibility index (Phi) is 2.53. The van der Waals surface area contributed by atoms with Crippen LogP contribution in [-0.4, -0.2) is 19.3 Å². The van der Waals surface area contributed by atoms with Gasteiger partial charge in [-0.25, -0.2) is 4.39 Å². The summed E-state index contributed by atoms with van der Waals surface area (Å²) in [7, 11) is 0. The van der Waals surface area contributed by atoms with Crippen LogP contribution in [0.5, 0.6) is 0 Å². The van der Waals surface area contributed by atoms with E-state index in [-0.39, 0.29) is 5.41 Å². The fourth-order valence-electron chi connectivity index (χ4n) is 1.16. The van der Waals surface area contributed by atoms with Crippen LogP contribution in [0.1, 0.15) is 27.2 Å². The molecule has 11 heavy (non-hydrogen) atoms. The molecule has 0 radical (unpaired) electrons. The molecule has 0 amide bonds. The molecule has 0 aromatic rings. The van der Waals surface area contributed by atoms with E-state index in [4.69, 9.17) is 0 Å². The molecule has 1 N–H and O–H groups in total. The fourth-order valence-corrected chi connectivity index (χ4v) is 1.16. The lowest BCUT2D eigenvalue weighted by atomic mass is 9.83. The summed E-state index contributed by atoms with van der Waals surface area (Å²) in [5.41, 5.74) is -0.171. The van der Waals surface area contributed by atoms with E-state index in [1.807, 2.05) is 20.8 Å². The van der Waals surface area contributed by atoms with Gasteiger partial charge in [0.15, 0.2) is 0 Å². The molecule has 0 spiro atoms. The number of hydrogen-bond donors (Lipinski definition) is 1. The molecule has 0 saturated carbocycles. The van der Waals surface area contributed by atoms with E-state index in [0.717, 1.165) is 19.5 Å². The molecule has 1 atom stereocenters. The molecule has 1 nitrogen and oxygen atoms in total. The van der Waals surface area contributed by atoms with Crippen molar-refractivity contribution in [1.29, 1.82) is 0 Å². The van der Waals surface area contributed by atoms with Gasteiger partial charge in [0.2, 0.25) is 0 Å². The van der Waals surface area contributed by atoms with Gasteiger partial charge >= 0.3 is 0 Å². The Bertz CT molecular complexity index is 124. The molecule has 0 aliphatic carbocycles. The zero-order valence-corrected chi connectivity index (χ0v) is 7.65. The lowest BCUT2D eigenvalue weighted by Crippen LogP contribution is -2.44. The average molecular weight is 159 g/mol. The number of hydrogen-bond acceptors (Lipinski definition) is 1. The van der Waals surface area contributed by atoms with Gasteiger partial charge in [-0.3, -0.25) is 0 Å². The van der Waals surface area contributed by atoms with Crippen LogP contribution in [0.3, 0.4) is 0 Å². The van der Waals surface area contributed by atoms with Crippen LogP contribution in [0.15, 0.2) is 0 Å². The SMILES string of the molecule is CC(C)(C)C(F)CC1CNC1. The summed E-state index contributed by atoms with van der Waals surface area (Å²) in [5, 5.41) is 3.15. The summed E-state index contributed by atoms with van der Waals surface area (Å²) in [6.07, 6.45) is 0.0887. The van der Waals surface area contributed by atoms with Gasteiger partial charge in [-0.1, -0.05) is 20.8 Å². The van der Waals surface area contributed by atoms with Gasteiger partial charge in [-0.15, -0.1) is 0 Å². The van der Waals surface area contributed by atoms with E-state index < -0.39 is 6.17 Å². The standard InChI is InChI=1S/C9H18FN/c1-9(2,3)8(10)4-7-5-11-6-7/h7-8,11H,4-6H2,1-3H3. The predicted octanol–water partition coefficient (Wildman–Crippen LogP) is 1.98. The van der Waals surface area contributed by atoms with Gasteiger partial charge < -0.3 is 5.32 Å². The van der Waals surface area contributed by atoms with E-state index in [2.05, 4.69) is 5.32 Å². The van der Waals surface area contributed by atoms with Crippen molar-refractivity contribution >= 4 is 0 Å². The fraction of sp³-hybridized carbons (Fsp3) is 1.00. The Labute approximate surface area is 68.4 Å². The van der Waals surface area contributed by atoms with Crippen LogP contribution in [0.25, 0.3) is 0 Å². The number of alkyl halides is 1. The van der Waals surface area contributed by atoms with E-state index in [1.54, 1.807) is 0 Å². The van der Waals surface area contributed by atoms with Crippen molar-refractivity contribution in [2.75, 3.05) is 13.1 Å². The second kappa shape index (κ2) is 3.10. The molecular formula is C9H18FN. The molecule has 1 unspecified atom stereocenters. The van der Waals surface area contributed by atoms with Gasteiger partial charge in [-0.2, -0.15) is 0 Å². The zero-order valence-electron chi connectivity index (χ0n) is 7.65. The van der Waals surface area contributed by atoms with Crippen LogP contribution >= 0.6 is 0 Å². The molecule has 0 bridgehead atoms. The second-order valence-corrected chi connectivity index (χ2v) is 4.59. The predicted molar refractivity (Wildman–Crippen MR) is 45.3 cm³/mol. The van der Waals surface area contributed by atoms with Crippen molar-refractivity contribution in [3.05, 3.63) is 0 Å². The molecule has 66 valence electrons. The molecule has 1 rings (SSSR count). The Morgan fingerprint density at radius 1 is 1.45 bits per heavy atom. The van der Waals surface area contributed by atoms with E-state index in [9.17, 15) is 4.39 Å². The third-order valence-corrected chi connectivity index (χ3v) is 2.35. The molecule has 1 heterocycles. The van der Waals surface area contributed by atoms with Crippen molar-refractivity contribution < 1.29 is 4.39 Å². The largest absolute Gasteiger partial charge is 0.316 e. The molecule has 1 aliphatic rings. The average Bonchev–Trinajstić information content (AvgIpc) is 1.75. The Balaban J connectivity index is 2.24. The Morgan fingerprint density at radius 2 is 2.00 bits per heavy atom. The van der Waals surface area contributed by atoms with Gasteiger partial charge in [-0.05, 0) is 30.8 Å². The van der Waals surface area contributed by atoms with Gasteiger partial charge in [0.25, 0.3) is 0 Å². The first-order valence-electron chi connectivity index (χ1n) is 4.35. The number of halogens is 1. The highest BCUT2D eigenvalue weighted by Crippen LogP contribution is 2.28. The minimum absolute atomic E-state index is 0.171. The first-order chi connectivity index (χ1) is 5.00. The molecular weight excluding hydrogens is 141 g/mol. The normalized spacial score (nSPS) is 22.9. The van der Waals surface area contributed by atoms with Crippen LogP contribution in [-0.2, 0) is 0 Å². The van der Waals surface area contributed by atoms with E-state index in [1.165, 1.54) is 0 Å². The van der Waals surface area contributed by atoms with Crippen LogP contribution < -0.4 is 5.32 Å². The highest BCUT2D eigenvalue weighted by atomic mass is 19.1. The second-order valence-electron chi connectivity index (χ2n) is 4.59. The minimum Gasteiger partial charge on any atom is -0.316 e. The van der Waals surface area contributed by atoms with E-state index in [0.29, 0.717) is 5.92 Å². The maximum Gasteiger partial charge on any atom is 0.105 e. The summed E-state index contributed by atoms with van der Waals surface area (Å²) >= 11 is 0. The summed E-state index contributed by atoms with van der Waals surface area (Å²) in [6, 6.07) is 0. The topological polar surface area (TPSA) is 12.0 Å². The van der Waals surface area contributed by atoms with Gasteiger partial charge in [0.05, 0.1) is 0 Å². The minimum atomic E-state index is -0.644. The van der Waals surface area contributed by atoms with Crippen molar-refractivity contribution in [2.45, 2.75) is 33.4 Å². The Morgan fingerprint density at radius 3 is 2.27 bits per heavy atom. The molecule has 0 aromatic heterocycles. The molecule has 2 heteroatoms. The molecule has 0 aromatic carbocycles. The third kappa shape index (κ3) is 2.44. The monoisotopic (exact) mass is 159 g/mol. The first kappa shape index (κ1) is 8.98. The van der Waals surface area contributed by atoms with Crippen LogP contribution in [0.2, 0.25) is 0 Å². The molecule has 1 aliphatic heterocycles. The van der Waals surface area contributed by atoms with Crippen molar-refractivity contribution in [3.63, 3.8) is 0 Å². The Hall–Kier alpha value is -0.110. The van der Waals surface area contributed by atoms with Crippen molar-refractivity contribution in [1.82, 2.24) is 5.32 Å². The van der Waals surface area contributed by atoms with Gasteiger partial charge in [0.1, 0.15) is 6.17 Å². The first-order valence-corrected chi connectivity index (χ1v) is 4.35. The summed E-state index contributed by atoms with van der Waals surface area (Å²) in [6.45, 7) is 7.91. The summed E-state index contributed by atoms with van der Waals surface area (Å²) < 4.78 is 13.4. The lowest BCUT2D eigenvalue weighted by molar-refractivity contribution is 0.116. The third-order valence-electron chi connectivity index (χ3n) is 2.35. The summed E-state index contributed by atoms with van der Waals surface area (Å²) in [4.78, 5) is 0. The quantitative estimate of drug-likeness (QED) is 0.649. The zero-order chi connectivity index (χ0) is 8.48. The lowest BCUT2D eigenvalue weighted by Gasteiger charge is -2.32. The smallest absolute Gasteiger partial charge is 0.105 e. The highest BCUT2D eigenvalue weighted by molar-refractivity contribution is 4.82. The maximum atomic E-state index is 13.4. The number of rotatable bonds is 2. The maximum absolute atomic E-state index is 13.4. The summed E-state index contributed by atoms with van der Waals surface area (Å²) in [5.74, 6) is 0.587. The van der Waals surface area contributed by atoms with E-state index >= 15 is 0 Å².